The number of carbonyl (C=O) groups excluding carboxylic acids is 2. The summed E-state index contributed by atoms with van der Waals surface area (Å²) in [4.78, 5) is 45.8. The SMILES string of the molecule is CNc1nc(-c2cccc(-c3cccc(-c4ccn5c(=O)c(CNC[C@@H]6CCC(=O)N6)cnc5c4)c3C)c2Cl)ccc1CNC[C@@H]1CCC(=O)N1. The third-order valence-corrected chi connectivity index (χ3v) is 10.2. The first-order valence-electron chi connectivity index (χ1n) is 17.4. The molecule has 2 saturated heterocycles. The molecule has 5 N–H and O–H groups in total. The Morgan fingerprint density at radius 1 is 0.824 bits per heavy atom. The summed E-state index contributed by atoms with van der Waals surface area (Å²) in [5.74, 6) is 0.950. The molecule has 262 valence electrons. The average Bonchev–Trinajstić information content (AvgIpc) is 3.76. The summed E-state index contributed by atoms with van der Waals surface area (Å²) >= 11 is 7.16. The van der Waals surface area contributed by atoms with Crippen LogP contribution in [0.4, 0.5) is 5.82 Å². The molecule has 5 heterocycles. The number of amides is 2. The maximum Gasteiger partial charge on any atom is 0.262 e. The van der Waals surface area contributed by atoms with E-state index in [9.17, 15) is 14.4 Å². The molecule has 2 amide bonds. The van der Waals surface area contributed by atoms with Gasteiger partial charge in [-0.25, -0.2) is 9.97 Å². The number of nitrogens with one attached hydrogen (secondary N) is 5. The smallest absolute Gasteiger partial charge is 0.262 e. The van der Waals surface area contributed by atoms with Gasteiger partial charge in [0.15, 0.2) is 0 Å². The van der Waals surface area contributed by atoms with Gasteiger partial charge in [0.25, 0.3) is 5.56 Å². The highest BCUT2D eigenvalue weighted by Crippen LogP contribution is 2.40. The van der Waals surface area contributed by atoms with E-state index in [-0.39, 0.29) is 29.5 Å². The van der Waals surface area contributed by atoms with Gasteiger partial charge in [-0.05, 0) is 60.2 Å². The summed E-state index contributed by atoms with van der Waals surface area (Å²) in [5, 5.41) is 16.5. The van der Waals surface area contributed by atoms with Crippen LogP contribution in [-0.2, 0) is 22.7 Å². The molecule has 2 fully saturated rings. The van der Waals surface area contributed by atoms with E-state index in [1.807, 2.05) is 49.5 Å². The third kappa shape index (κ3) is 7.37. The van der Waals surface area contributed by atoms with Crippen molar-refractivity contribution in [2.24, 2.45) is 0 Å². The monoisotopic (exact) mass is 704 g/mol. The Balaban J connectivity index is 1.10. The molecule has 5 aromatic rings. The summed E-state index contributed by atoms with van der Waals surface area (Å²) in [6.45, 7) is 4.39. The second-order valence-corrected chi connectivity index (χ2v) is 13.6. The molecule has 0 saturated carbocycles. The minimum Gasteiger partial charge on any atom is -0.373 e. The standard InChI is InChI=1S/C39H41ClN8O3/c1-23-29(24-15-16-48-34(17-24)44-20-26(39(48)51)19-43-22-28-11-14-36(50)46-28)5-3-6-30(23)31-7-4-8-32(37(31)40)33-12-9-25(38(41-2)47-33)18-42-21-27-10-13-35(49)45-27/h3-9,12,15-17,20,27-28,42-43H,10-11,13-14,18-19,21-22H2,1-2H3,(H,41,47)(H,45,49)(H,46,50)/t27-,28-/m0/s1. The topological polar surface area (TPSA) is 142 Å². The lowest BCUT2D eigenvalue weighted by molar-refractivity contribution is -0.120. The number of halogens is 1. The second kappa shape index (κ2) is 15.0. The van der Waals surface area contributed by atoms with Gasteiger partial charge in [0, 0.05) is 92.8 Å². The number of fused-ring (bicyclic) bond motifs is 1. The summed E-state index contributed by atoms with van der Waals surface area (Å²) in [5.41, 5.74) is 8.52. The Bertz CT molecular complexity index is 2180. The second-order valence-electron chi connectivity index (χ2n) is 13.2. The van der Waals surface area contributed by atoms with E-state index in [1.54, 1.807) is 16.8 Å². The van der Waals surface area contributed by atoms with Gasteiger partial charge in [-0.2, -0.15) is 0 Å². The maximum absolute atomic E-state index is 13.3. The fourth-order valence-electron chi connectivity index (χ4n) is 7.00. The van der Waals surface area contributed by atoms with Gasteiger partial charge in [-0.15, -0.1) is 0 Å². The highest BCUT2D eigenvalue weighted by Gasteiger charge is 2.22. The molecule has 0 bridgehead atoms. The number of aromatic nitrogens is 3. The van der Waals surface area contributed by atoms with E-state index in [0.717, 1.165) is 63.3 Å². The van der Waals surface area contributed by atoms with Gasteiger partial charge in [0.05, 0.1) is 10.7 Å². The van der Waals surface area contributed by atoms with Crippen LogP contribution in [0.5, 0.6) is 0 Å². The number of hydrogen-bond donors (Lipinski definition) is 5. The first kappa shape index (κ1) is 34.4. The van der Waals surface area contributed by atoms with Crippen LogP contribution in [0.15, 0.2) is 77.9 Å². The van der Waals surface area contributed by atoms with Crippen molar-refractivity contribution in [2.75, 3.05) is 25.5 Å². The van der Waals surface area contributed by atoms with Crippen molar-refractivity contribution in [2.45, 2.75) is 57.8 Å². The lowest BCUT2D eigenvalue weighted by Crippen LogP contribution is -2.36. The first-order valence-corrected chi connectivity index (χ1v) is 17.7. The Hall–Kier alpha value is -5.10. The van der Waals surface area contributed by atoms with E-state index in [2.05, 4.69) is 56.7 Å². The summed E-state index contributed by atoms with van der Waals surface area (Å²) in [6, 6.07) is 20.3. The normalized spacial score (nSPS) is 17.2. The lowest BCUT2D eigenvalue weighted by atomic mass is 9.92. The molecular weight excluding hydrogens is 664 g/mol. The van der Waals surface area contributed by atoms with Gasteiger partial charge >= 0.3 is 0 Å². The van der Waals surface area contributed by atoms with Gasteiger partial charge in [-0.1, -0.05) is 54.1 Å². The molecule has 2 aromatic carbocycles. The molecule has 0 spiro atoms. The number of hydrogen-bond acceptors (Lipinski definition) is 8. The molecule has 2 aliphatic rings. The van der Waals surface area contributed by atoms with Crippen LogP contribution >= 0.6 is 11.6 Å². The van der Waals surface area contributed by atoms with Gasteiger partial charge in [0.1, 0.15) is 11.5 Å². The maximum atomic E-state index is 13.3. The number of rotatable bonds is 12. The Kier molecular flexibility index (Phi) is 10.1. The molecule has 12 heteroatoms. The van der Waals surface area contributed by atoms with E-state index in [1.165, 1.54) is 0 Å². The fraction of sp³-hybridized carbons (Fsp3) is 0.308. The number of benzene rings is 2. The molecule has 2 aliphatic heterocycles. The number of carbonyl (C=O) groups is 2. The number of pyridine rings is 2. The minimum atomic E-state index is -0.123. The third-order valence-electron chi connectivity index (χ3n) is 9.79. The van der Waals surface area contributed by atoms with E-state index in [0.29, 0.717) is 55.3 Å². The highest BCUT2D eigenvalue weighted by atomic mass is 35.5. The van der Waals surface area contributed by atoms with Gasteiger partial charge in [0.2, 0.25) is 11.8 Å². The molecule has 0 aliphatic carbocycles. The predicted octanol–water partition coefficient (Wildman–Crippen LogP) is 4.83. The van der Waals surface area contributed by atoms with Crippen molar-refractivity contribution in [3.8, 4) is 33.5 Å². The van der Waals surface area contributed by atoms with Crippen LogP contribution < -0.4 is 32.1 Å². The van der Waals surface area contributed by atoms with Crippen LogP contribution in [0, 0.1) is 6.92 Å². The Morgan fingerprint density at radius 2 is 1.47 bits per heavy atom. The lowest BCUT2D eigenvalue weighted by Gasteiger charge is -2.17. The molecule has 51 heavy (non-hydrogen) atoms. The van der Waals surface area contributed by atoms with Crippen LogP contribution in [0.25, 0.3) is 39.2 Å². The quantitative estimate of drug-likeness (QED) is 0.124. The summed E-state index contributed by atoms with van der Waals surface area (Å²) < 4.78 is 1.57. The fourth-order valence-corrected chi connectivity index (χ4v) is 7.32. The molecule has 11 nitrogen and oxygen atoms in total. The predicted molar refractivity (Wildman–Crippen MR) is 201 cm³/mol. The van der Waals surface area contributed by atoms with Crippen LogP contribution in [0.2, 0.25) is 5.02 Å². The van der Waals surface area contributed by atoms with Crippen molar-refractivity contribution in [1.29, 1.82) is 0 Å². The van der Waals surface area contributed by atoms with Crippen LogP contribution in [0.1, 0.15) is 42.4 Å². The molecule has 7 rings (SSSR count). The van der Waals surface area contributed by atoms with Crippen molar-refractivity contribution < 1.29 is 9.59 Å². The Labute approximate surface area is 301 Å². The minimum absolute atomic E-state index is 0.0722. The summed E-state index contributed by atoms with van der Waals surface area (Å²) in [7, 11) is 1.86. The Morgan fingerprint density at radius 3 is 2.14 bits per heavy atom. The first-order chi connectivity index (χ1) is 24.8. The van der Waals surface area contributed by atoms with Crippen molar-refractivity contribution in [1.82, 2.24) is 35.6 Å². The number of nitrogens with zero attached hydrogens (tertiary/aromatic N) is 3. The zero-order valence-electron chi connectivity index (χ0n) is 28.7. The molecule has 2 atom stereocenters. The number of anilines is 1. The average molecular weight is 705 g/mol. The molecule has 0 radical (unpaired) electrons. The molecule has 0 unspecified atom stereocenters. The van der Waals surface area contributed by atoms with Gasteiger partial charge < -0.3 is 26.6 Å². The van der Waals surface area contributed by atoms with Crippen molar-refractivity contribution in [3.63, 3.8) is 0 Å². The zero-order chi connectivity index (χ0) is 35.5. The van der Waals surface area contributed by atoms with Crippen molar-refractivity contribution in [3.05, 3.63) is 105 Å². The van der Waals surface area contributed by atoms with E-state index >= 15 is 0 Å². The highest BCUT2D eigenvalue weighted by molar-refractivity contribution is 6.36. The van der Waals surface area contributed by atoms with E-state index in [4.69, 9.17) is 16.6 Å². The van der Waals surface area contributed by atoms with Crippen molar-refractivity contribution >= 4 is 34.9 Å². The van der Waals surface area contributed by atoms with Crippen LogP contribution in [0.3, 0.4) is 0 Å². The largest absolute Gasteiger partial charge is 0.373 e. The zero-order valence-corrected chi connectivity index (χ0v) is 29.4. The van der Waals surface area contributed by atoms with E-state index < -0.39 is 0 Å². The molecule has 3 aromatic heterocycles. The summed E-state index contributed by atoms with van der Waals surface area (Å²) in [6.07, 6.45) is 6.19. The molecular formula is C39H41ClN8O3. The van der Waals surface area contributed by atoms with Crippen LogP contribution in [-0.4, -0.2) is 58.4 Å². The van der Waals surface area contributed by atoms with Gasteiger partial charge in [-0.3, -0.25) is 18.8 Å².